The van der Waals surface area contributed by atoms with Gasteiger partial charge in [-0.2, -0.15) is 0 Å². The molecule has 1 amide bonds. The topological polar surface area (TPSA) is 61.8 Å². The number of rotatable bonds is 2. The van der Waals surface area contributed by atoms with E-state index in [1.165, 1.54) is 0 Å². The SMILES string of the molecule is O=C([C@@H]1CCCN1)N1CCOCC1CO. The van der Waals surface area contributed by atoms with Gasteiger partial charge in [0.2, 0.25) is 5.91 Å². The molecule has 0 saturated carbocycles. The molecule has 0 radical (unpaired) electrons. The second-order valence-electron chi connectivity index (χ2n) is 4.09. The van der Waals surface area contributed by atoms with Gasteiger partial charge < -0.3 is 20.1 Å². The van der Waals surface area contributed by atoms with Gasteiger partial charge in [0.25, 0.3) is 0 Å². The summed E-state index contributed by atoms with van der Waals surface area (Å²) < 4.78 is 5.24. The number of hydrogen-bond acceptors (Lipinski definition) is 4. The van der Waals surface area contributed by atoms with E-state index in [2.05, 4.69) is 5.32 Å². The number of nitrogens with one attached hydrogen (secondary N) is 1. The Morgan fingerprint density at radius 3 is 3.13 bits per heavy atom. The van der Waals surface area contributed by atoms with Crippen LogP contribution in [0.2, 0.25) is 0 Å². The van der Waals surface area contributed by atoms with Crippen molar-refractivity contribution in [3.63, 3.8) is 0 Å². The molecule has 86 valence electrons. The number of ether oxygens (including phenoxy) is 1. The van der Waals surface area contributed by atoms with Crippen molar-refractivity contribution in [2.24, 2.45) is 0 Å². The highest BCUT2D eigenvalue weighted by Gasteiger charge is 2.32. The highest BCUT2D eigenvalue weighted by Crippen LogP contribution is 2.13. The van der Waals surface area contributed by atoms with Crippen LogP contribution < -0.4 is 5.32 Å². The van der Waals surface area contributed by atoms with Crippen molar-refractivity contribution in [2.45, 2.75) is 24.9 Å². The van der Waals surface area contributed by atoms with E-state index in [0.717, 1.165) is 19.4 Å². The summed E-state index contributed by atoms with van der Waals surface area (Å²) in [5.74, 6) is 0.120. The minimum atomic E-state index is -0.159. The van der Waals surface area contributed by atoms with Gasteiger partial charge in [-0.3, -0.25) is 4.79 Å². The molecule has 5 heteroatoms. The van der Waals surface area contributed by atoms with Gasteiger partial charge in [-0.1, -0.05) is 0 Å². The summed E-state index contributed by atoms with van der Waals surface area (Å²) in [7, 11) is 0. The van der Waals surface area contributed by atoms with Gasteiger partial charge in [0, 0.05) is 6.54 Å². The van der Waals surface area contributed by atoms with E-state index in [1.807, 2.05) is 0 Å². The fourth-order valence-electron chi connectivity index (χ4n) is 2.19. The Kier molecular flexibility index (Phi) is 3.56. The fourth-order valence-corrected chi connectivity index (χ4v) is 2.19. The molecule has 0 aromatic rings. The molecule has 0 spiro atoms. The molecule has 2 saturated heterocycles. The monoisotopic (exact) mass is 214 g/mol. The van der Waals surface area contributed by atoms with Crippen molar-refractivity contribution in [3.8, 4) is 0 Å². The molecule has 2 fully saturated rings. The Morgan fingerprint density at radius 2 is 2.47 bits per heavy atom. The lowest BCUT2D eigenvalue weighted by atomic mass is 10.1. The molecule has 15 heavy (non-hydrogen) atoms. The van der Waals surface area contributed by atoms with Crippen LogP contribution in [0.3, 0.4) is 0 Å². The number of carbonyl (C=O) groups is 1. The van der Waals surface area contributed by atoms with E-state index in [0.29, 0.717) is 19.8 Å². The van der Waals surface area contributed by atoms with Crippen LogP contribution in [-0.2, 0) is 9.53 Å². The van der Waals surface area contributed by atoms with E-state index >= 15 is 0 Å². The van der Waals surface area contributed by atoms with Gasteiger partial charge in [-0.05, 0) is 19.4 Å². The maximum absolute atomic E-state index is 12.1. The van der Waals surface area contributed by atoms with Crippen LogP contribution in [0.1, 0.15) is 12.8 Å². The second-order valence-corrected chi connectivity index (χ2v) is 4.09. The molecule has 2 N–H and O–H groups in total. The van der Waals surface area contributed by atoms with Gasteiger partial charge in [0.1, 0.15) is 0 Å². The molecule has 0 aromatic carbocycles. The van der Waals surface area contributed by atoms with Gasteiger partial charge in [0.15, 0.2) is 0 Å². The maximum Gasteiger partial charge on any atom is 0.240 e. The molecule has 0 bridgehead atoms. The largest absolute Gasteiger partial charge is 0.394 e. The van der Waals surface area contributed by atoms with Gasteiger partial charge in [-0.15, -0.1) is 0 Å². The average Bonchev–Trinajstić information content (AvgIpc) is 2.81. The molecule has 2 rings (SSSR count). The third kappa shape index (κ3) is 2.30. The molecule has 2 aliphatic heterocycles. The third-order valence-electron chi connectivity index (χ3n) is 3.08. The van der Waals surface area contributed by atoms with Crippen molar-refractivity contribution in [1.82, 2.24) is 10.2 Å². The van der Waals surface area contributed by atoms with Crippen molar-refractivity contribution in [3.05, 3.63) is 0 Å². The van der Waals surface area contributed by atoms with Crippen LogP contribution >= 0.6 is 0 Å². The Labute approximate surface area is 89.4 Å². The molecule has 5 nitrogen and oxygen atoms in total. The molecule has 2 atom stereocenters. The van der Waals surface area contributed by atoms with Gasteiger partial charge in [0.05, 0.1) is 31.9 Å². The van der Waals surface area contributed by atoms with Crippen molar-refractivity contribution in [2.75, 3.05) is 32.9 Å². The second kappa shape index (κ2) is 4.92. The van der Waals surface area contributed by atoms with Crippen molar-refractivity contribution in [1.29, 1.82) is 0 Å². The third-order valence-corrected chi connectivity index (χ3v) is 3.08. The van der Waals surface area contributed by atoms with Crippen LogP contribution in [0.4, 0.5) is 0 Å². The minimum absolute atomic E-state index is 0.0154. The number of carbonyl (C=O) groups excluding carboxylic acids is 1. The summed E-state index contributed by atoms with van der Waals surface area (Å²) in [5, 5.41) is 12.3. The first-order valence-electron chi connectivity index (χ1n) is 5.55. The predicted octanol–water partition coefficient (Wildman–Crippen LogP) is -1.04. The molecular weight excluding hydrogens is 196 g/mol. The molecule has 1 unspecified atom stereocenters. The van der Waals surface area contributed by atoms with Crippen LogP contribution in [0.5, 0.6) is 0 Å². The van der Waals surface area contributed by atoms with Gasteiger partial charge >= 0.3 is 0 Å². The van der Waals surface area contributed by atoms with E-state index < -0.39 is 0 Å². The lowest BCUT2D eigenvalue weighted by Gasteiger charge is -2.36. The lowest BCUT2D eigenvalue weighted by Crippen LogP contribution is -2.55. The Morgan fingerprint density at radius 1 is 1.60 bits per heavy atom. The number of amides is 1. The number of hydrogen-bond donors (Lipinski definition) is 2. The number of morpholine rings is 1. The summed E-state index contributed by atoms with van der Waals surface area (Å²) in [6, 6.07) is -0.203. The van der Waals surface area contributed by atoms with Crippen molar-refractivity contribution < 1.29 is 14.6 Å². The quantitative estimate of drug-likeness (QED) is 0.616. The van der Waals surface area contributed by atoms with E-state index in [1.54, 1.807) is 4.90 Å². The average molecular weight is 214 g/mol. The first kappa shape index (κ1) is 10.9. The Balaban J connectivity index is 1.96. The smallest absolute Gasteiger partial charge is 0.240 e. The summed E-state index contributed by atoms with van der Waals surface area (Å²) in [6.07, 6.45) is 1.97. The molecule has 0 aliphatic carbocycles. The van der Waals surface area contributed by atoms with Gasteiger partial charge in [-0.25, -0.2) is 0 Å². The van der Waals surface area contributed by atoms with Crippen LogP contribution in [-0.4, -0.2) is 60.9 Å². The lowest BCUT2D eigenvalue weighted by molar-refractivity contribution is -0.143. The minimum Gasteiger partial charge on any atom is -0.394 e. The zero-order valence-corrected chi connectivity index (χ0v) is 8.82. The van der Waals surface area contributed by atoms with E-state index in [-0.39, 0.29) is 24.6 Å². The number of nitrogens with zero attached hydrogens (tertiary/aromatic N) is 1. The number of aliphatic hydroxyl groups is 1. The molecule has 2 heterocycles. The summed E-state index contributed by atoms with van der Waals surface area (Å²) in [4.78, 5) is 13.8. The predicted molar refractivity (Wildman–Crippen MR) is 54.4 cm³/mol. The summed E-state index contributed by atoms with van der Waals surface area (Å²) in [5.41, 5.74) is 0. The standard InChI is InChI=1S/C10H18N2O3/c13-6-8-7-15-5-4-12(8)10(14)9-2-1-3-11-9/h8-9,11,13H,1-7H2/t8?,9-/m0/s1. The normalized spacial score (nSPS) is 31.9. The first-order valence-corrected chi connectivity index (χ1v) is 5.55. The summed E-state index contributed by atoms with van der Waals surface area (Å²) in [6.45, 7) is 2.54. The zero-order valence-electron chi connectivity index (χ0n) is 8.82. The van der Waals surface area contributed by atoms with Crippen molar-refractivity contribution >= 4 is 5.91 Å². The summed E-state index contributed by atoms with van der Waals surface area (Å²) >= 11 is 0. The Hall–Kier alpha value is -0.650. The van der Waals surface area contributed by atoms with Crippen LogP contribution in [0, 0.1) is 0 Å². The fraction of sp³-hybridized carbons (Fsp3) is 0.900. The van der Waals surface area contributed by atoms with Crippen LogP contribution in [0.25, 0.3) is 0 Å². The van der Waals surface area contributed by atoms with Crippen LogP contribution in [0.15, 0.2) is 0 Å². The maximum atomic E-state index is 12.1. The zero-order chi connectivity index (χ0) is 10.7. The molecule has 2 aliphatic rings. The van der Waals surface area contributed by atoms with E-state index in [9.17, 15) is 4.79 Å². The molecule has 0 aromatic heterocycles. The number of aliphatic hydroxyl groups excluding tert-OH is 1. The van der Waals surface area contributed by atoms with E-state index in [4.69, 9.17) is 9.84 Å². The highest BCUT2D eigenvalue weighted by atomic mass is 16.5. The Bertz CT molecular complexity index is 229. The highest BCUT2D eigenvalue weighted by molar-refractivity contribution is 5.82. The first-order chi connectivity index (χ1) is 7.33. The molecular formula is C10H18N2O3.